The molecule has 122 valence electrons. The van der Waals surface area contributed by atoms with Crippen LogP contribution in [-0.2, 0) is 0 Å². The number of amides is 3. The largest absolute Gasteiger partial charge is 0.494 e. The van der Waals surface area contributed by atoms with Gasteiger partial charge in [0.05, 0.1) is 12.6 Å². The Morgan fingerprint density at radius 1 is 1.39 bits per heavy atom. The number of nitrogens with zero attached hydrogens (tertiary/aromatic N) is 1. The third-order valence-electron chi connectivity index (χ3n) is 3.88. The second kappa shape index (κ2) is 5.67. The van der Waals surface area contributed by atoms with Crippen molar-refractivity contribution in [2.75, 3.05) is 20.2 Å². The van der Waals surface area contributed by atoms with E-state index in [0.717, 1.165) is 0 Å². The molecule has 0 bridgehead atoms. The molecule has 5 N–H and O–H groups in total. The number of methoxy groups -OCH3 is 1. The number of nitrogens with two attached hydrogens (primary N) is 1. The van der Waals surface area contributed by atoms with Crippen LogP contribution in [0.25, 0.3) is 11.0 Å². The Kier molecular flexibility index (Phi) is 3.68. The maximum Gasteiger partial charge on any atom is 0.323 e. The van der Waals surface area contributed by atoms with Crippen LogP contribution in [0.4, 0.5) is 4.79 Å². The molecule has 1 atom stereocenters. The molecule has 0 saturated carbocycles. The second-order valence-electron chi connectivity index (χ2n) is 5.43. The highest BCUT2D eigenvalue weighted by molar-refractivity contribution is 5.99. The summed E-state index contributed by atoms with van der Waals surface area (Å²) in [6, 6.07) is 2.45. The summed E-state index contributed by atoms with van der Waals surface area (Å²) < 4.78 is 5.23. The predicted octanol–water partition coefficient (Wildman–Crippen LogP) is -0.252. The number of rotatable bonds is 3. The molecule has 1 aromatic heterocycles. The van der Waals surface area contributed by atoms with Gasteiger partial charge in [-0.25, -0.2) is 9.59 Å². The molecule has 9 heteroatoms. The van der Waals surface area contributed by atoms with Crippen LogP contribution in [0.5, 0.6) is 5.75 Å². The Labute approximate surface area is 130 Å². The van der Waals surface area contributed by atoms with E-state index in [0.29, 0.717) is 41.9 Å². The van der Waals surface area contributed by atoms with Crippen LogP contribution >= 0.6 is 0 Å². The van der Waals surface area contributed by atoms with Crippen molar-refractivity contribution in [3.8, 4) is 5.75 Å². The average Bonchev–Trinajstić information content (AvgIpc) is 3.10. The number of carbonyl (C=O) groups excluding carboxylic acids is 2. The van der Waals surface area contributed by atoms with Gasteiger partial charge in [0.25, 0.3) is 5.91 Å². The van der Waals surface area contributed by atoms with Crippen LogP contribution in [0.3, 0.4) is 0 Å². The van der Waals surface area contributed by atoms with E-state index in [-0.39, 0.29) is 17.6 Å². The van der Waals surface area contributed by atoms with Gasteiger partial charge < -0.3 is 30.7 Å². The number of aromatic nitrogens is 2. The van der Waals surface area contributed by atoms with Gasteiger partial charge in [0, 0.05) is 24.7 Å². The Bertz CT molecular complexity index is 824. The van der Waals surface area contributed by atoms with E-state index in [4.69, 9.17) is 10.5 Å². The molecular weight excluding hydrogens is 302 g/mol. The van der Waals surface area contributed by atoms with E-state index in [9.17, 15) is 14.4 Å². The molecule has 1 unspecified atom stereocenters. The quantitative estimate of drug-likeness (QED) is 0.620. The molecular formula is C14H17N5O4. The van der Waals surface area contributed by atoms with Gasteiger partial charge in [0.1, 0.15) is 11.3 Å². The maximum atomic E-state index is 12.6. The number of likely N-dealkylation sites (tertiary alicyclic amines) is 1. The fraction of sp³-hybridized carbons (Fsp3) is 0.357. The van der Waals surface area contributed by atoms with Crippen molar-refractivity contribution in [3.05, 3.63) is 28.2 Å². The zero-order valence-corrected chi connectivity index (χ0v) is 12.5. The highest BCUT2D eigenvalue weighted by Crippen LogP contribution is 2.25. The normalized spacial score (nSPS) is 17.4. The molecule has 3 rings (SSSR count). The minimum atomic E-state index is -0.600. The van der Waals surface area contributed by atoms with Crippen LogP contribution in [-0.4, -0.2) is 53.0 Å². The molecule has 1 aromatic carbocycles. The van der Waals surface area contributed by atoms with Gasteiger partial charge >= 0.3 is 11.7 Å². The van der Waals surface area contributed by atoms with Crippen molar-refractivity contribution in [2.45, 2.75) is 12.5 Å². The summed E-state index contributed by atoms with van der Waals surface area (Å²) in [6.45, 7) is 0.916. The van der Waals surface area contributed by atoms with Crippen LogP contribution in [0, 0.1) is 0 Å². The molecule has 1 aliphatic heterocycles. The molecule has 3 amide bonds. The molecule has 0 radical (unpaired) electrons. The highest BCUT2D eigenvalue weighted by Gasteiger charge is 2.28. The van der Waals surface area contributed by atoms with Gasteiger partial charge in [-0.2, -0.15) is 0 Å². The standard InChI is InChI=1S/C14H17N5O4/c1-23-10-5-7(4-9-11(10)18-14(22)17-9)12(20)19-3-2-8(6-19)16-13(15)21/h4-5,8H,2-3,6H2,1H3,(H3,15,16,21)(H2,17,18,22). The number of nitrogens with one attached hydrogen (secondary N) is 3. The molecule has 23 heavy (non-hydrogen) atoms. The zero-order valence-electron chi connectivity index (χ0n) is 12.5. The summed E-state index contributed by atoms with van der Waals surface area (Å²) in [5, 5.41) is 2.60. The molecule has 2 heterocycles. The van der Waals surface area contributed by atoms with Crippen LogP contribution in [0.1, 0.15) is 16.8 Å². The van der Waals surface area contributed by atoms with Gasteiger partial charge in [-0.15, -0.1) is 0 Å². The fourth-order valence-corrected chi connectivity index (χ4v) is 2.84. The highest BCUT2D eigenvalue weighted by atomic mass is 16.5. The number of imidazole rings is 1. The SMILES string of the molecule is COc1cc(C(=O)N2CCC(NC(N)=O)C2)cc2[nH]c(=O)[nH]c12. The first-order valence-electron chi connectivity index (χ1n) is 7.13. The summed E-state index contributed by atoms with van der Waals surface area (Å²) in [7, 11) is 1.47. The molecule has 0 aliphatic carbocycles. The second-order valence-corrected chi connectivity index (χ2v) is 5.43. The van der Waals surface area contributed by atoms with E-state index in [1.165, 1.54) is 7.11 Å². The lowest BCUT2D eigenvalue weighted by Crippen LogP contribution is -2.41. The zero-order chi connectivity index (χ0) is 16.6. The molecule has 2 aromatic rings. The fourth-order valence-electron chi connectivity index (χ4n) is 2.84. The third-order valence-corrected chi connectivity index (χ3v) is 3.88. The first-order chi connectivity index (χ1) is 11.0. The van der Waals surface area contributed by atoms with E-state index < -0.39 is 6.03 Å². The van der Waals surface area contributed by atoms with Crippen LogP contribution in [0.15, 0.2) is 16.9 Å². The number of primary amides is 1. The lowest BCUT2D eigenvalue weighted by atomic mass is 10.1. The maximum absolute atomic E-state index is 12.6. The molecule has 1 saturated heterocycles. The van der Waals surface area contributed by atoms with Gasteiger partial charge in [0.2, 0.25) is 0 Å². The van der Waals surface area contributed by atoms with E-state index in [2.05, 4.69) is 15.3 Å². The summed E-state index contributed by atoms with van der Waals surface area (Å²) in [6.07, 6.45) is 0.648. The first-order valence-corrected chi connectivity index (χ1v) is 7.13. The number of ether oxygens (including phenoxy) is 1. The number of aromatic amines is 2. The van der Waals surface area contributed by atoms with Crippen molar-refractivity contribution < 1.29 is 14.3 Å². The summed E-state index contributed by atoms with van der Waals surface area (Å²) in [4.78, 5) is 41.8. The number of benzene rings is 1. The number of urea groups is 1. The number of H-pyrrole nitrogens is 2. The number of carbonyl (C=O) groups is 2. The van der Waals surface area contributed by atoms with Gasteiger partial charge in [-0.3, -0.25) is 4.79 Å². The van der Waals surface area contributed by atoms with Crippen molar-refractivity contribution >= 4 is 23.0 Å². The Hall–Kier alpha value is -2.97. The lowest BCUT2D eigenvalue weighted by molar-refractivity contribution is 0.0789. The Morgan fingerprint density at radius 3 is 2.87 bits per heavy atom. The average molecular weight is 319 g/mol. The number of hydrogen-bond acceptors (Lipinski definition) is 4. The van der Waals surface area contributed by atoms with Crippen molar-refractivity contribution in [1.29, 1.82) is 0 Å². The van der Waals surface area contributed by atoms with Crippen molar-refractivity contribution in [1.82, 2.24) is 20.2 Å². The third kappa shape index (κ3) is 2.85. The first kappa shape index (κ1) is 14.9. The van der Waals surface area contributed by atoms with Gasteiger partial charge in [0.15, 0.2) is 0 Å². The van der Waals surface area contributed by atoms with Crippen molar-refractivity contribution in [2.24, 2.45) is 5.73 Å². The van der Waals surface area contributed by atoms with E-state index in [1.54, 1.807) is 17.0 Å². The molecule has 1 aliphatic rings. The summed E-state index contributed by atoms with van der Waals surface area (Å²) in [5.74, 6) is 0.219. The van der Waals surface area contributed by atoms with Gasteiger partial charge in [-0.05, 0) is 18.6 Å². The Balaban J connectivity index is 1.86. The monoisotopic (exact) mass is 319 g/mol. The van der Waals surface area contributed by atoms with Crippen molar-refractivity contribution in [3.63, 3.8) is 0 Å². The minimum Gasteiger partial charge on any atom is -0.494 e. The van der Waals surface area contributed by atoms with Crippen LogP contribution in [0.2, 0.25) is 0 Å². The predicted molar refractivity (Wildman–Crippen MR) is 82.5 cm³/mol. The minimum absolute atomic E-state index is 0.144. The summed E-state index contributed by atoms with van der Waals surface area (Å²) in [5.41, 5.74) is 6.16. The topological polar surface area (TPSA) is 133 Å². The number of hydrogen-bond donors (Lipinski definition) is 4. The number of fused-ring (bicyclic) bond motifs is 1. The molecule has 9 nitrogen and oxygen atoms in total. The van der Waals surface area contributed by atoms with E-state index in [1.807, 2.05) is 0 Å². The van der Waals surface area contributed by atoms with E-state index >= 15 is 0 Å². The Morgan fingerprint density at radius 2 is 2.17 bits per heavy atom. The molecule has 0 spiro atoms. The van der Waals surface area contributed by atoms with Crippen LogP contribution < -0.4 is 21.5 Å². The summed E-state index contributed by atoms with van der Waals surface area (Å²) >= 11 is 0. The lowest BCUT2D eigenvalue weighted by Gasteiger charge is -2.17. The van der Waals surface area contributed by atoms with Gasteiger partial charge in [-0.1, -0.05) is 0 Å². The smallest absolute Gasteiger partial charge is 0.323 e. The molecule has 1 fully saturated rings.